The lowest BCUT2D eigenvalue weighted by Gasteiger charge is -2.15. The molecule has 1 aromatic rings. The van der Waals surface area contributed by atoms with Gasteiger partial charge in [0, 0.05) is 0 Å². The zero-order valence-corrected chi connectivity index (χ0v) is 13.3. The number of rotatable bonds is 5. The molecule has 1 aliphatic carbocycles. The summed E-state index contributed by atoms with van der Waals surface area (Å²) in [6.07, 6.45) is 6.22. The minimum atomic E-state index is -3.83. The molecule has 1 amide bonds. The average Bonchev–Trinajstić information content (AvgIpc) is 3.09. The lowest BCUT2D eigenvalue weighted by atomic mass is 10.1. The van der Waals surface area contributed by atoms with E-state index in [1.165, 1.54) is 12.1 Å². The number of carbonyl (C=O) groups excluding carboxylic acids is 2. The van der Waals surface area contributed by atoms with E-state index in [1.54, 1.807) is 12.1 Å². The van der Waals surface area contributed by atoms with E-state index in [0.29, 0.717) is 0 Å². The quantitative estimate of drug-likeness (QED) is 0.605. The smallest absolute Gasteiger partial charge is 0.306 e. The molecule has 0 spiro atoms. The third-order valence-electron chi connectivity index (χ3n) is 4.01. The number of esters is 1. The Balaban J connectivity index is 1.58. The van der Waals surface area contributed by atoms with Crippen molar-refractivity contribution in [1.82, 2.24) is 4.31 Å². The molecule has 3 rings (SSSR count). The summed E-state index contributed by atoms with van der Waals surface area (Å²) in [6.45, 7) is -0.295. The van der Waals surface area contributed by atoms with Crippen molar-refractivity contribution in [3.63, 3.8) is 0 Å². The molecule has 0 unspecified atom stereocenters. The molecule has 0 bridgehead atoms. The zero-order valence-electron chi connectivity index (χ0n) is 12.5. The van der Waals surface area contributed by atoms with Crippen molar-refractivity contribution < 1.29 is 22.7 Å². The highest BCUT2D eigenvalue weighted by molar-refractivity contribution is 7.90. The number of hydrogen-bond donors (Lipinski definition) is 0. The minimum Gasteiger partial charge on any atom is -0.464 e. The molecular formula is C16H17NO5S. The molecule has 0 N–H and O–H groups in total. The number of amides is 1. The summed E-state index contributed by atoms with van der Waals surface area (Å²) in [5.41, 5.74) is 0.162. The molecule has 6 nitrogen and oxygen atoms in total. The highest BCUT2D eigenvalue weighted by Gasteiger charge is 2.40. The minimum absolute atomic E-state index is 0.00687. The van der Waals surface area contributed by atoms with Gasteiger partial charge in [-0.25, -0.2) is 12.7 Å². The summed E-state index contributed by atoms with van der Waals surface area (Å²) in [5, 5.41) is 0. The molecule has 0 saturated carbocycles. The SMILES string of the molecule is O=C(C[C@@H]1C=CCC1)OCCN1C(=O)c2ccccc2S1(=O)=O. The third-order valence-corrected chi connectivity index (χ3v) is 5.85. The monoisotopic (exact) mass is 335 g/mol. The molecule has 1 aliphatic heterocycles. The van der Waals surface area contributed by atoms with E-state index in [9.17, 15) is 18.0 Å². The Bertz CT molecular complexity index is 768. The Morgan fingerprint density at radius 3 is 2.78 bits per heavy atom. The van der Waals surface area contributed by atoms with Crippen LogP contribution in [0, 0.1) is 5.92 Å². The Hall–Kier alpha value is -2.15. The summed E-state index contributed by atoms with van der Waals surface area (Å²) in [6, 6.07) is 6.07. The summed E-state index contributed by atoms with van der Waals surface area (Å²) < 4.78 is 30.4. The number of nitrogens with zero attached hydrogens (tertiary/aromatic N) is 1. The molecular weight excluding hydrogens is 318 g/mol. The van der Waals surface area contributed by atoms with Gasteiger partial charge in [0.15, 0.2) is 0 Å². The van der Waals surface area contributed by atoms with Crippen LogP contribution in [0.5, 0.6) is 0 Å². The number of hydrogen-bond acceptors (Lipinski definition) is 5. The first-order valence-electron chi connectivity index (χ1n) is 7.48. The van der Waals surface area contributed by atoms with Crippen LogP contribution in [0.15, 0.2) is 41.3 Å². The fraction of sp³-hybridized carbons (Fsp3) is 0.375. The molecule has 0 fully saturated rings. The number of sulfonamides is 1. The van der Waals surface area contributed by atoms with Crippen molar-refractivity contribution in [2.24, 2.45) is 5.92 Å². The van der Waals surface area contributed by atoms with Gasteiger partial charge in [-0.1, -0.05) is 24.3 Å². The van der Waals surface area contributed by atoms with Gasteiger partial charge in [0.25, 0.3) is 15.9 Å². The first-order chi connectivity index (χ1) is 11.0. The standard InChI is InChI=1S/C16H17NO5S/c18-15(11-12-5-1-2-6-12)22-10-9-17-16(19)13-7-3-4-8-14(13)23(17,20)21/h1,3-5,7-8,12H,2,6,9-11H2/t12-/m1/s1. The Morgan fingerprint density at radius 1 is 1.30 bits per heavy atom. The van der Waals surface area contributed by atoms with Crippen LogP contribution in [0.2, 0.25) is 0 Å². The first-order valence-corrected chi connectivity index (χ1v) is 8.92. The highest BCUT2D eigenvalue weighted by Crippen LogP contribution is 2.29. The molecule has 7 heteroatoms. The first kappa shape index (κ1) is 15.7. The number of allylic oxidation sites excluding steroid dienone is 2. The van der Waals surface area contributed by atoms with Gasteiger partial charge in [0.05, 0.1) is 18.5 Å². The molecule has 0 radical (unpaired) electrons. The lowest BCUT2D eigenvalue weighted by Crippen LogP contribution is -2.33. The van der Waals surface area contributed by atoms with Crippen LogP contribution >= 0.6 is 0 Å². The van der Waals surface area contributed by atoms with Crippen LogP contribution in [-0.2, 0) is 19.6 Å². The molecule has 0 saturated heterocycles. The third kappa shape index (κ3) is 3.01. The number of ether oxygens (including phenoxy) is 1. The van der Waals surface area contributed by atoms with Crippen molar-refractivity contribution in [2.75, 3.05) is 13.2 Å². The Kier molecular flexibility index (Phi) is 4.21. The number of carbonyl (C=O) groups is 2. The molecule has 1 atom stereocenters. The van der Waals surface area contributed by atoms with Gasteiger partial charge in [-0.2, -0.15) is 0 Å². The second kappa shape index (κ2) is 6.16. The second-order valence-electron chi connectivity index (χ2n) is 5.57. The Morgan fingerprint density at radius 2 is 2.09 bits per heavy atom. The van der Waals surface area contributed by atoms with Crippen LogP contribution in [0.4, 0.5) is 0 Å². The summed E-state index contributed by atoms with van der Waals surface area (Å²) in [5.74, 6) is -0.748. The van der Waals surface area contributed by atoms with Crippen molar-refractivity contribution in [1.29, 1.82) is 0 Å². The van der Waals surface area contributed by atoms with Crippen molar-refractivity contribution in [3.05, 3.63) is 42.0 Å². The molecule has 1 aromatic carbocycles. The normalized spacial score (nSPS) is 21.5. The molecule has 1 heterocycles. The maximum absolute atomic E-state index is 12.3. The summed E-state index contributed by atoms with van der Waals surface area (Å²) in [7, 11) is -3.83. The van der Waals surface area contributed by atoms with E-state index in [4.69, 9.17) is 4.74 Å². The van der Waals surface area contributed by atoms with Crippen LogP contribution < -0.4 is 0 Å². The van der Waals surface area contributed by atoms with Crippen molar-refractivity contribution in [3.8, 4) is 0 Å². The van der Waals surface area contributed by atoms with Crippen LogP contribution in [0.1, 0.15) is 29.6 Å². The second-order valence-corrected chi connectivity index (χ2v) is 7.40. The van der Waals surface area contributed by atoms with E-state index in [-0.39, 0.29) is 41.9 Å². The zero-order chi connectivity index (χ0) is 16.4. The van der Waals surface area contributed by atoms with E-state index in [1.807, 2.05) is 12.2 Å². The molecule has 0 aromatic heterocycles. The van der Waals surface area contributed by atoms with Crippen LogP contribution in [-0.4, -0.2) is 37.8 Å². The molecule has 2 aliphatic rings. The van der Waals surface area contributed by atoms with E-state index >= 15 is 0 Å². The molecule has 23 heavy (non-hydrogen) atoms. The summed E-state index contributed by atoms with van der Waals surface area (Å²) >= 11 is 0. The van der Waals surface area contributed by atoms with Gasteiger partial charge >= 0.3 is 5.97 Å². The predicted molar refractivity (Wildman–Crippen MR) is 82.1 cm³/mol. The predicted octanol–water partition coefficient (Wildman–Crippen LogP) is 1.73. The van der Waals surface area contributed by atoms with Gasteiger partial charge in [0.2, 0.25) is 0 Å². The topological polar surface area (TPSA) is 80.8 Å². The molecule has 122 valence electrons. The van der Waals surface area contributed by atoms with E-state index in [0.717, 1.165) is 17.1 Å². The van der Waals surface area contributed by atoms with Gasteiger partial charge in [-0.15, -0.1) is 0 Å². The van der Waals surface area contributed by atoms with Gasteiger partial charge in [0.1, 0.15) is 11.5 Å². The van der Waals surface area contributed by atoms with Gasteiger partial charge in [-0.3, -0.25) is 9.59 Å². The van der Waals surface area contributed by atoms with Crippen LogP contribution in [0.25, 0.3) is 0 Å². The van der Waals surface area contributed by atoms with E-state index < -0.39 is 15.9 Å². The average molecular weight is 335 g/mol. The summed E-state index contributed by atoms with van der Waals surface area (Å²) in [4.78, 5) is 23.9. The maximum atomic E-state index is 12.3. The number of benzene rings is 1. The lowest BCUT2D eigenvalue weighted by molar-refractivity contribution is -0.144. The largest absolute Gasteiger partial charge is 0.464 e. The van der Waals surface area contributed by atoms with Crippen molar-refractivity contribution in [2.45, 2.75) is 24.2 Å². The Labute approximate surface area is 134 Å². The fourth-order valence-electron chi connectivity index (χ4n) is 2.83. The highest BCUT2D eigenvalue weighted by atomic mass is 32.2. The number of fused-ring (bicyclic) bond motifs is 1. The van der Waals surface area contributed by atoms with E-state index in [2.05, 4.69) is 0 Å². The fourth-order valence-corrected chi connectivity index (χ4v) is 4.39. The van der Waals surface area contributed by atoms with Gasteiger partial charge < -0.3 is 4.74 Å². The van der Waals surface area contributed by atoms with Crippen LogP contribution in [0.3, 0.4) is 0 Å². The van der Waals surface area contributed by atoms with Gasteiger partial charge in [-0.05, 0) is 30.9 Å². The maximum Gasteiger partial charge on any atom is 0.306 e. The van der Waals surface area contributed by atoms with Crippen molar-refractivity contribution >= 4 is 21.9 Å².